The maximum Gasteiger partial charge on any atom is 0.0540 e. The summed E-state index contributed by atoms with van der Waals surface area (Å²) in [4.78, 5) is 2.45. The zero-order chi connectivity index (χ0) is 38.2. The van der Waals surface area contributed by atoms with Crippen molar-refractivity contribution in [3.8, 4) is 0 Å². The van der Waals surface area contributed by atoms with Crippen LogP contribution in [-0.2, 0) is 12.8 Å². The fraction of sp³-hybridized carbons (Fsp3) is 0.0714. The molecule has 1 heteroatoms. The van der Waals surface area contributed by atoms with Gasteiger partial charge in [0.2, 0.25) is 0 Å². The van der Waals surface area contributed by atoms with E-state index in [-0.39, 0.29) is 0 Å². The van der Waals surface area contributed by atoms with Gasteiger partial charge in [0.15, 0.2) is 0 Å². The maximum absolute atomic E-state index is 2.45. The summed E-state index contributed by atoms with van der Waals surface area (Å²) in [6.07, 6.45) is 13.8. The molecule has 0 fully saturated rings. The highest BCUT2D eigenvalue weighted by molar-refractivity contribution is 6.03. The van der Waals surface area contributed by atoms with Gasteiger partial charge in [-0.25, -0.2) is 0 Å². The molecule has 0 bridgehead atoms. The summed E-state index contributed by atoms with van der Waals surface area (Å²) < 4.78 is 0. The van der Waals surface area contributed by atoms with Crippen LogP contribution in [0.25, 0.3) is 34.1 Å². The molecule has 0 aliphatic heterocycles. The second kappa shape index (κ2) is 16.8. The van der Waals surface area contributed by atoms with Gasteiger partial charge < -0.3 is 4.90 Å². The lowest BCUT2D eigenvalue weighted by atomic mass is 9.91. The van der Waals surface area contributed by atoms with Gasteiger partial charge in [0.25, 0.3) is 0 Å². The Balaban J connectivity index is 1.13. The van der Waals surface area contributed by atoms with E-state index in [0.717, 1.165) is 24.1 Å². The molecule has 0 heterocycles. The summed E-state index contributed by atoms with van der Waals surface area (Å²) in [5.41, 5.74) is 16.0. The Morgan fingerprint density at radius 1 is 0.421 bits per heavy atom. The third-order valence-electron chi connectivity index (χ3n) is 11.1. The quantitative estimate of drug-likeness (QED) is 0.1000. The normalized spacial score (nSPS) is 12.2. The van der Waals surface area contributed by atoms with Crippen molar-refractivity contribution in [1.82, 2.24) is 0 Å². The molecule has 8 aromatic rings. The lowest BCUT2D eigenvalue weighted by Gasteiger charge is -2.29. The summed E-state index contributed by atoms with van der Waals surface area (Å²) in [5, 5.41) is 2.44. The van der Waals surface area contributed by atoms with Gasteiger partial charge in [0.05, 0.1) is 5.69 Å². The molecule has 1 aliphatic rings. The van der Waals surface area contributed by atoms with Crippen LogP contribution in [0.15, 0.2) is 212 Å². The number of fused-ring (bicyclic) bond motifs is 2. The summed E-state index contributed by atoms with van der Waals surface area (Å²) in [5.74, 6) is 0. The molecular formula is C56H45N. The van der Waals surface area contributed by atoms with Crippen molar-refractivity contribution in [2.24, 2.45) is 0 Å². The van der Waals surface area contributed by atoms with Gasteiger partial charge in [-0.05, 0) is 123 Å². The second-order valence-corrected chi connectivity index (χ2v) is 14.8. The van der Waals surface area contributed by atoms with E-state index in [1.807, 2.05) is 0 Å². The van der Waals surface area contributed by atoms with Crippen LogP contribution in [0.2, 0.25) is 0 Å². The second-order valence-electron chi connectivity index (χ2n) is 14.8. The molecule has 0 aromatic heterocycles. The van der Waals surface area contributed by atoms with Gasteiger partial charge in [0.1, 0.15) is 0 Å². The van der Waals surface area contributed by atoms with Crippen molar-refractivity contribution in [2.75, 3.05) is 4.90 Å². The van der Waals surface area contributed by atoms with Crippen LogP contribution in [0.4, 0.5) is 17.1 Å². The standard InChI is InChI=1S/C56H45N/c1-5-19-44(20-6-1)52(45-21-7-2-8-22-45)31-17-28-48-35-39-56(54-30-16-15-29-53(48)54)57(51-38-34-43-18-13-14-27-49(43)41-51)50-36-32-42(33-37-50)40-55(46-23-9-3-10-24-46)47-25-11-4-12-26-47/h1-12,15-17,19-26,28-41H,13-14,18,27H2. The van der Waals surface area contributed by atoms with Crippen molar-refractivity contribution in [1.29, 1.82) is 0 Å². The highest BCUT2D eigenvalue weighted by Crippen LogP contribution is 2.42. The van der Waals surface area contributed by atoms with Crippen molar-refractivity contribution in [3.63, 3.8) is 0 Å². The van der Waals surface area contributed by atoms with Gasteiger partial charge in [-0.1, -0.05) is 188 Å². The lowest BCUT2D eigenvalue weighted by Crippen LogP contribution is -2.12. The molecule has 274 valence electrons. The first-order valence-electron chi connectivity index (χ1n) is 20.1. The fourth-order valence-electron chi connectivity index (χ4n) is 8.23. The Bertz CT molecular complexity index is 2600. The Morgan fingerprint density at radius 3 is 1.53 bits per heavy atom. The van der Waals surface area contributed by atoms with E-state index in [0.29, 0.717) is 0 Å². The lowest BCUT2D eigenvalue weighted by molar-refractivity contribution is 0.685. The van der Waals surface area contributed by atoms with Gasteiger partial charge in [-0.2, -0.15) is 0 Å². The number of anilines is 3. The van der Waals surface area contributed by atoms with Crippen LogP contribution in [-0.4, -0.2) is 0 Å². The van der Waals surface area contributed by atoms with Crippen molar-refractivity contribution in [2.45, 2.75) is 25.7 Å². The Hall–Kier alpha value is -6.96. The number of aryl methyl sites for hydroxylation is 2. The number of nitrogens with zero attached hydrogens (tertiary/aromatic N) is 1. The molecule has 1 nitrogen and oxygen atoms in total. The van der Waals surface area contributed by atoms with Crippen molar-refractivity contribution >= 4 is 51.1 Å². The number of hydrogen-bond donors (Lipinski definition) is 0. The molecule has 9 rings (SSSR count). The van der Waals surface area contributed by atoms with Gasteiger partial charge in [-0.15, -0.1) is 0 Å². The minimum Gasteiger partial charge on any atom is -0.310 e. The Morgan fingerprint density at radius 2 is 0.930 bits per heavy atom. The van der Waals surface area contributed by atoms with E-state index in [9.17, 15) is 0 Å². The highest BCUT2D eigenvalue weighted by atomic mass is 15.1. The van der Waals surface area contributed by atoms with E-state index in [1.165, 1.54) is 85.1 Å². The predicted octanol–water partition coefficient (Wildman–Crippen LogP) is 14.9. The molecule has 1 aliphatic carbocycles. The SMILES string of the molecule is C(=Cc1ccc(N(c2ccc(C=C(c3ccccc3)c3ccccc3)cc2)c2ccc3c(c2)CCCC3)c2ccccc12)C=C(c1ccccc1)c1ccccc1. The minimum absolute atomic E-state index is 1.13. The zero-order valence-electron chi connectivity index (χ0n) is 32.1. The third kappa shape index (κ3) is 7.92. The molecule has 0 saturated carbocycles. The molecular weight excluding hydrogens is 687 g/mol. The topological polar surface area (TPSA) is 3.24 Å². The molecule has 57 heavy (non-hydrogen) atoms. The van der Waals surface area contributed by atoms with E-state index < -0.39 is 0 Å². The van der Waals surface area contributed by atoms with Gasteiger partial charge >= 0.3 is 0 Å². The Labute approximate surface area is 337 Å². The molecule has 0 spiro atoms. The average molecular weight is 732 g/mol. The maximum atomic E-state index is 2.45. The van der Waals surface area contributed by atoms with Crippen molar-refractivity contribution in [3.05, 3.63) is 257 Å². The molecule has 0 atom stereocenters. The Kier molecular flexibility index (Phi) is 10.5. The average Bonchev–Trinajstić information content (AvgIpc) is 3.29. The molecule has 0 radical (unpaired) electrons. The number of allylic oxidation sites excluding steroid dienone is 2. The monoisotopic (exact) mass is 731 g/mol. The third-order valence-corrected chi connectivity index (χ3v) is 11.1. The van der Waals surface area contributed by atoms with Crippen LogP contribution in [0.3, 0.4) is 0 Å². The number of hydrogen-bond acceptors (Lipinski definition) is 1. The largest absolute Gasteiger partial charge is 0.310 e. The first kappa shape index (κ1) is 35.7. The fourth-order valence-corrected chi connectivity index (χ4v) is 8.23. The van der Waals surface area contributed by atoms with Gasteiger partial charge in [0, 0.05) is 16.8 Å². The van der Waals surface area contributed by atoms with Crippen LogP contribution >= 0.6 is 0 Å². The summed E-state index contributed by atoms with van der Waals surface area (Å²) in [6.45, 7) is 0. The smallest absolute Gasteiger partial charge is 0.0540 e. The van der Waals surface area contributed by atoms with Crippen LogP contribution in [0.5, 0.6) is 0 Å². The number of benzene rings is 8. The number of rotatable bonds is 10. The summed E-state index contributed by atoms with van der Waals surface area (Å²) in [7, 11) is 0. The van der Waals surface area contributed by atoms with E-state index in [2.05, 4.69) is 229 Å². The van der Waals surface area contributed by atoms with Crippen LogP contribution in [0.1, 0.15) is 57.3 Å². The van der Waals surface area contributed by atoms with Crippen LogP contribution < -0.4 is 4.90 Å². The first-order valence-corrected chi connectivity index (χ1v) is 20.1. The molecule has 0 N–H and O–H groups in total. The molecule has 0 amide bonds. The molecule has 0 unspecified atom stereocenters. The summed E-state index contributed by atoms with van der Waals surface area (Å²) >= 11 is 0. The minimum atomic E-state index is 1.13. The highest BCUT2D eigenvalue weighted by Gasteiger charge is 2.19. The van der Waals surface area contributed by atoms with Crippen molar-refractivity contribution < 1.29 is 0 Å². The predicted molar refractivity (Wildman–Crippen MR) is 244 cm³/mol. The van der Waals surface area contributed by atoms with E-state index >= 15 is 0 Å². The van der Waals surface area contributed by atoms with E-state index in [1.54, 1.807) is 0 Å². The first-order chi connectivity index (χ1) is 28.3. The summed E-state index contributed by atoms with van der Waals surface area (Å²) in [6, 6.07) is 72.3. The zero-order valence-corrected chi connectivity index (χ0v) is 32.1. The van der Waals surface area contributed by atoms with E-state index in [4.69, 9.17) is 0 Å². The van der Waals surface area contributed by atoms with Gasteiger partial charge in [-0.3, -0.25) is 0 Å². The molecule has 0 saturated heterocycles. The van der Waals surface area contributed by atoms with Crippen LogP contribution in [0, 0.1) is 0 Å². The molecule has 8 aromatic carbocycles.